The van der Waals surface area contributed by atoms with Crippen LogP contribution in [0.2, 0.25) is 0 Å². The molecule has 11 heteroatoms. The average molecular weight is 418 g/mol. The third kappa shape index (κ3) is 2.87. The van der Waals surface area contributed by atoms with E-state index in [1.165, 1.54) is 12.1 Å². The molecule has 1 saturated carbocycles. The van der Waals surface area contributed by atoms with Crippen LogP contribution in [0.4, 0.5) is 13.2 Å². The molecule has 2 aliphatic rings. The fourth-order valence-corrected chi connectivity index (χ4v) is 5.49. The second kappa shape index (κ2) is 5.97. The Morgan fingerprint density at radius 2 is 1.96 bits per heavy atom. The Balaban J connectivity index is 1.59. The summed E-state index contributed by atoms with van der Waals surface area (Å²) in [6, 6.07) is 4.20. The van der Waals surface area contributed by atoms with Gasteiger partial charge in [0.2, 0.25) is 0 Å². The van der Waals surface area contributed by atoms with Crippen molar-refractivity contribution in [1.29, 1.82) is 0 Å². The highest BCUT2D eigenvalue weighted by Gasteiger charge is 2.82. The van der Waals surface area contributed by atoms with E-state index in [1.54, 1.807) is 13.0 Å². The van der Waals surface area contributed by atoms with Gasteiger partial charge in [0, 0.05) is 18.7 Å². The number of halogens is 3. The zero-order valence-corrected chi connectivity index (χ0v) is 16.0. The van der Waals surface area contributed by atoms with Gasteiger partial charge in [-0.1, -0.05) is 0 Å². The van der Waals surface area contributed by atoms with Crippen molar-refractivity contribution >= 4 is 21.7 Å². The van der Waals surface area contributed by atoms with Crippen molar-refractivity contribution in [2.24, 2.45) is 10.6 Å². The van der Waals surface area contributed by atoms with E-state index in [4.69, 9.17) is 5.14 Å². The molecule has 27 heavy (non-hydrogen) atoms. The van der Waals surface area contributed by atoms with Gasteiger partial charge in [-0.15, -0.1) is 0 Å². The van der Waals surface area contributed by atoms with E-state index in [9.17, 15) is 21.6 Å². The van der Waals surface area contributed by atoms with E-state index in [2.05, 4.69) is 9.36 Å². The molecule has 0 unspecified atom stereocenters. The van der Waals surface area contributed by atoms with Gasteiger partial charge in [0.15, 0.2) is 5.82 Å². The normalized spacial score (nSPS) is 24.3. The number of nitrogens with zero attached hydrogens (tertiary/aromatic N) is 3. The number of rotatable bonds is 3. The summed E-state index contributed by atoms with van der Waals surface area (Å²) in [7, 11) is -3.88. The topological polar surface area (TPSA) is 89.2 Å². The minimum Gasteiger partial charge on any atom is -0.219 e. The number of piperidine rings is 1. The molecule has 1 spiro atoms. The molecule has 146 valence electrons. The van der Waals surface area contributed by atoms with Crippen LogP contribution in [0.3, 0.4) is 0 Å². The molecule has 1 aromatic heterocycles. The van der Waals surface area contributed by atoms with Gasteiger partial charge in [-0.3, -0.25) is 0 Å². The summed E-state index contributed by atoms with van der Waals surface area (Å²) >= 11 is 1.00. The first-order valence-corrected chi connectivity index (χ1v) is 10.6. The zero-order valence-electron chi connectivity index (χ0n) is 14.3. The van der Waals surface area contributed by atoms with Crippen LogP contribution in [-0.4, -0.2) is 41.1 Å². The predicted molar refractivity (Wildman–Crippen MR) is 94.1 cm³/mol. The van der Waals surface area contributed by atoms with Crippen molar-refractivity contribution < 1.29 is 21.6 Å². The molecule has 2 heterocycles. The molecule has 1 aromatic carbocycles. The van der Waals surface area contributed by atoms with Gasteiger partial charge in [0.25, 0.3) is 16.1 Å². The molecule has 1 aliphatic heterocycles. The molecule has 0 radical (unpaired) electrons. The molecule has 1 atom stereocenters. The van der Waals surface area contributed by atoms with E-state index < -0.39 is 27.5 Å². The lowest BCUT2D eigenvalue weighted by Crippen LogP contribution is -2.43. The predicted octanol–water partition coefficient (Wildman–Crippen LogP) is 2.67. The molecule has 6 nitrogen and oxygen atoms in total. The molecule has 4 rings (SSSR count). The molecule has 2 N–H and O–H groups in total. The number of benzene rings is 1. The third-order valence-electron chi connectivity index (χ3n) is 5.59. The van der Waals surface area contributed by atoms with Crippen LogP contribution in [0.1, 0.15) is 30.1 Å². The van der Waals surface area contributed by atoms with Crippen molar-refractivity contribution in [3.8, 4) is 10.6 Å². The first kappa shape index (κ1) is 18.8. The number of hydrogen-bond donors (Lipinski definition) is 1. The van der Waals surface area contributed by atoms with E-state index in [0.29, 0.717) is 16.1 Å². The quantitative estimate of drug-likeness (QED) is 0.830. The average Bonchev–Trinajstić information content (AvgIpc) is 2.87. The highest BCUT2D eigenvalue weighted by Crippen LogP contribution is 2.75. The van der Waals surface area contributed by atoms with Crippen molar-refractivity contribution in [2.45, 2.75) is 31.6 Å². The summed E-state index contributed by atoms with van der Waals surface area (Å²) in [6.07, 6.45) is 0.0103. The maximum atomic E-state index is 14.7. The molecular weight excluding hydrogens is 401 g/mol. The molecule has 1 aliphatic carbocycles. The summed E-state index contributed by atoms with van der Waals surface area (Å²) in [6.45, 7) is 1.63. The van der Waals surface area contributed by atoms with E-state index in [0.717, 1.165) is 15.8 Å². The minimum atomic E-state index is -3.88. The number of aromatic nitrogens is 2. The maximum absolute atomic E-state index is 14.7. The Morgan fingerprint density at radius 1 is 1.30 bits per heavy atom. The molecule has 2 aromatic rings. The monoisotopic (exact) mass is 418 g/mol. The Bertz CT molecular complexity index is 1000. The second-order valence-corrected chi connectivity index (χ2v) is 9.37. The van der Waals surface area contributed by atoms with Crippen molar-refractivity contribution in [3.63, 3.8) is 0 Å². The zero-order chi connectivity index (χ0) is 19.6. The third-order valence-corrected chi connectivity index (χ3v) is 7.44. The summed E-state index contributed by atoms with van der Waals surface area (Å²) < 4.78 is 70.6. The molecule has 0 bridgehead atoms. The van der Waals surface area contributed by atoms with Crippen molar-refractivity contribution in [1.82, 2.24) is 13.7 Å². The van der Waals surface area contributed by atoms with E-state index >= 15 is 0 Å². The van der Waals surface area contributed by atoms with Gasteiger partial charge in [0.05, 0.1) is 11.3 Å². The molecule has 0 amide bonds. The number of nitrogens with two attached hydrogens (primary N) is 1. The highest BCUT2D eigenvalue weighted by molar-refractivity contribution is 7.86. The Labute approximate surface area is 158 Å². The fraction of sp³-hybridized carbons (Fsp3) is 0.500. The number of aryl methyl sites for hydroxylation is 1. The van der Waals surface area contributed by atoms with Gasteiger partial charge in [-0.25, -0.2) is 23.3 Å². The minimum absolute atomic E-state index is 0.00517. The van der Waals surface area contributed by atoms with Crippen LogP contribution in [0.5, 0.6) is 0 Å². The van der Waals surface area contributed by atoms with Gasteiger partial charge in [-0.2, -0.15) is 17.1 Å². The van der Waals surface area contributed by atoms with Crippen LogP contribution < -0.4 is 5.14 Å². The van der Waals surface area contributed by atoms with Crippen LogP contribution >= 0.6 is 11.5 Å². The lowest BCUT2D eigenvalue weighted by molar-refractivity contribution is 0.0411. The van der Waals surface area contributed by atoms with Gasteiger partial charge in [0.1, 0.15) is 10.8 Å². The van der Waals surface area contributed by atoms with E-state index in [1.807, 2.05) is 0 Å². The largest absolute Gasteiger partial charge is 0.276 e. The lowest BCUT2D eigenvalue weighted by atomic mass is 9.91. The van der Waals surface area contributed by atoms with Gasteiger partial charge >= 0.3 is 0 Å². The molecular formula is C16H17F3N4O2S2. The fourth-order valence-electron chi connectivity index (χ4n) is 4.01. The number of alkyl halides is 2. The van der Waals surface area contributed by atoms with E-state index in [-0.39, 0.29) is 37.6 Å². The van der Waals surface area contributed by atoms with Crippen LogP contribution in [-0.2, 0) is 10.2 Å². The smallest absolute Gasteiger partial charge is 0.219 e. The number of hydrogen-bond acceptors (Lipinski definition) is 5. The van der Waals surface area contributed by atoms with Crippen LogP contribution in [0.15, 0.2) is 18.2 Å². The summed E-state index contributed by atoms with van der Waals surface area (Å²) in [5.41, 5.74) is -0.0247. The summed E-state index contributed by atoms with van der Waals surface area (Å²) in [4.78, 5) is 4.29. The first-order valence-electron chi connectivity index (χ1n) is 8.32. The van der Waals surface area contributed by atoms with Crippen molar-refractivity contribution in [2.75, 3.05) is 13.1 Å². The summed E-state index contributed by atoms with van der Waals surface area (Å²) in [5, 5.41) is 5.55. The lowest BCUT2D eigenvalue weighted by Gasteiger charge is -2.30. The Morgan fingerprint density at radius 3 is 2.56 bits per heavy atom. The second-order valence-electron chi connectivity index (χ2n) is 7.07. The van der Waals surface area contributed by atoms with Crippen LogP contribution in [0, 0.1) is 18.2 Å². The van der Waals surface area contributed by atoms with Gasteiger partial charge < -0.3 is 0 Å². The summed E-state index contributed by atoms with van der Waals surface area (Å²) in [5.74, 6) is -4.45. The standard InChI is InChI=1S/C16H17F3N4O2S2/c1-9-8-10(17)2-3-11(9)14-21-13(22-26-14)12-15(16(12,18)19)4-6-23(7-5-15)27(20,24)25/h2-3,8,12H,4-7H2,1H3,(H2,20,24,25)/t12-/m0/s1. The highest BCUT2D eigenvalue weighted by atomic mass is 32.2. The molecule has 1 saturated heterocycles. The van der Waals surface area contributed by atoms with Crippen molar-refractivity contribution in [3.05, 3.63) is 35.4 Å². The molecule has 2 fully saturated rings. The SMILES string of the molecule is Cc1cc(F)ccc1-c1nc([C@@H]2C(F)(F)C23CCN(S(N)(=O)=O)CC3)ns1. The van der Waals surface area contributed by atoms with Crippen LogP contribution in [0.25, 0.3) is 10.6 Å². The maximum Gasteiger partial charge on any atom is 0.276 e. The Hall–Kier alpha value is -1.56. The Kier molecular flexibility index (Phi) is 4.15. The van der Waals surface area contributed by atoms with Gasteiger partial charge in [-0.05, 0) is 55.1 Å². The first-order chi connectivity index (χ1) is 12.6.